The summed E-state index contributed by atoms with van der Waals surface area (Å²) in [7, 11) is 0. The minimum absolute atomic E-state index is 0.662. The van der Waals surface area contributed by atoms with E-state index in [4.69, 9.17) is 9.97 Å². The Labute approximate surface area is 319 Å². The fraction of sp³-hybridized carbons (Fsp3) is 0. The van der Waals surface area contributed by atoms with Gasteiger partial charge in [0.25, 0.3) is 0 Å². The third kappa shape index (κ3) is 4.51. The van der Waals surface area contributed by atoms with Crippen molar-refractivity contribution in [2.45, 2.75) is 0 Å². The first kappa shape index (κ1) is 30.4. The van der Waals surface area contributed by atoms with E-state index in [9.17, 15) is 0 Å². The summed E-state index contributed by atoms with van der Waals surface area (Å²) in [5, 5.41) is 8.33. The van der Waals surface area contributed by atoms with Crippen LogP contribution in [0.3, 0.4) is 0 Å². The van der Waals surface area contributed by atoms with E-state index in [1.54, 1.807) is 0 Å². The molecule has 4 aromatic heterocycles. The summed E-state index contributed by atoms with van der Waals surface area (Å²) in [4.78, 5) is 10.8. The van der Waals surface area contributed by atoms with Gasteiger partial charge in [-0.25, -0.2) is 9.97 Å². The lowest BCUT2D eigenvalue weighted by Gasteiger charge is -2.13. The number of benzene rings is 8. The zero-order chi connectivity index (χ0) is 36.0. The number of rotatable bonds is 4. The van der Waals surface area contributed by atoms with Crippen LogP contribution in [0.5, 0.6) is 0 Å². The van der Waals surface area contributed by atoms with Crippen LogP contribution in [-0.2, 0) is 0 Å². The molecule has 0 amide bonds. The van der Waals surface area contributed by atoms with Crippen LogP contribution < -0.4 is 0 Å². The molecule has 0 atom stereocenters. The Balaban J connectivity index is 1.23. The van der Waals surface area contributed by atoms with Gasteiger partial charge in [-0.15, -0.1) is 11.3 Å². The topological polar surface area (TPSA) is 35.6 Å². The lowest BCUT2D eigenvalue weighted by molar-refractivity contribution is 1.02. The van der Waals surface area contributed by atoms with Crippen LogP contribution in [0.25, 0.3) is 109 Å². The predicted molar refractivity (Wildman–Crippen MR) is 232 cm³/mol. The van der Waals surface area contributed by atoms with Crippen LogP contribution in [0, 0.1) is 0 Å². The number of fused-ring (bicyclic) bond motifs is 11. The third-order valence-electron chi connectivity index (χ3n) is 11.1. The van der Waals surface area contributed by atoms with Crippen molar-refractivity contribution in [3.63, 3.8) is 0 Å². The van der Waals surface area contributed by atoms with Crippen molar-refractivity contribution in [1.29, 1.82) is 0 Å². The highest BCUT2D eigenvalue weighted by molar-refractivity contribution is 7.27. The van der Waals surface area contributed by atoms with E-state index in [2.05, 4.69) is 191 Å². The first-order valence-corrected chi connectivity index (χ1v) is 19.4. The zero-order valence-electron chi connectivity index (χ0n) is 29.5. The summed E-state index contributed by atoms with van der Waals surface area (Å²) in [5.41, 5.74) is 11.0. The predicted octanol–water partition coefficient (Wildman–Crippen LogP) is 13.5. The fourth-order valence-corrected chi connectivity index (χ4v) is 9.96. The van der Waals surface area contributed by atoms with Crippen molar-refractivity contribution in [3.05, 3.63) is 182 Å². The average Bonchev–Trinajstić information content (AvgIpc) is 3.90. The zero-order valence-corrected chi connectivity index (χ0v) is 30.3. The number of aromatic nitrogens is 4. The highest BCUT2D eigenvalue weighted by Crippen LogP contribution is 2.47. The SMILES string of the molecule is c1ccc(-c2nc(-n3c4cc(-c5ccc6ccccc6c5)ccc4c4ccc5c(sc6c7ccccc7n(-c7ccccc7)c56)c43)nc3ccccc23)cc1. The van der Waals surface area contributed by atoms with Crippen molar-refractivity contribution in [3.8, 4) is 34.0 Å². The van der Waals surface area contributed by atoms with Gasteiger partial charge >= 0.3 is 0 Å². The van der Waals surface area contributed by atoms with Gasteiger partial charge in [0, 0.05) is 38.2 Å². The second-order valence-corrected chi connectivity index (χ2v) is 15.2. The van der Waals surface area contributed by atoms with E-state index < -0.39 is 0 Å². The number of para-hydroxylation sites is 3. The summed E-state index contributed by atoms with van der Waals surface area (Å²) < 4.78 is 7.26. The quantitative estimate of drug-likeness (QED) is 0.182. The molecule has 256 valence electrons. The van der Waals surface area contributed by atoms with Gasteiger partial charge in [-0.2, -0.15) is 0 Å². The standard InChI is InChI=1S/C50H30N4S/c1-3-14-32(15-4-1)45-39-19-9-11-21-42(39)51-50(52-45)54-44-30-35(34-24-23-31-13-7-8-16-33(31)29-34)25-26-37(44)38-27-28-41-47-48(55-49(41)46(38)54)40-20-10-12-22-43(40)53(47)36-17-5-2-6-18-36/h1-30H. The Hall–Kier alpha value is -7.08. The van der Waals surface area contributed by atoms with Gasteiger partial charge in [0.05, 0.1) is 42.7 Å². The number of hydrogen-bond donors (Lipinski definition) is 0. The fourth-order valence-electron chi connectivity index (χ4n) is 8.61. The van der Waals surface area contributed by atoms with Gasteiger partial charge in [0.15, 0.2) is 0 Å². The van der Waals surface area contributed by atoms with E-state index in [1.165, 1.54) is 58.3 Å². The monoisotopic (exact) mass is 718 g/mol. The van der Waals surface area contributed by atoms with Crippen LogP contribution in [0.4, 0.5) is 0 Å². The number of hydrogen-bond acceptors (Lipinski definition) is 3. The Bertz CT molecular complexity index is 3480. The molecule has 4 nitrogen and oxygen atoms in total. The molecule has 0 N–H and O–H groups in total. The maximum absolute atomic E-state index is 5.47. The Morgan fingerprint density at radius 1 is 0.382 bits per heavy atom. The summed E-state index contributed by atoms with van der Waals surface area (Å²) >= 11 is 1.87. The van der Waals surface area contributed by atoms with Crippen LogP contribution in [0.1, 0.15) is 0 Å². The minimum Gasteiger partial charge on any atom is -0.308 e. The van der Waals surface area contributed by atoms with Crippen molar-refractivity contribution in [2.24, 2.45) is 0 Å². The van der Waals surface area contributed by atoms with E-state index in [1.807, 2.05) is 11.3 Å². The molecule has 12 aromatic rings. The molecule has 0 unspecified atom stereocenters. The first-order valence-electron chi connectivity index (χ1n) is 18.6. The summed E-state index contributed by atoms with van der Waals surface area (Å²) in [5.74, 6) is 0.662. The summed E-state index contributed by atoms with van der Waals surface area (Å²) in [6.45, 7) is 0. The largest absolute Gasteiger partial charge is 0.308 e. The molecule has 4 heterocycles. The Morgan fingerprint density at radius 2 is 1.02 bits per heavy atom. The molecule has 0 radical (unpaired) electrons. The smallest absolute Gasteiger partial charge is 0.235 e. The Kier molecular flexibility index (Phi) is 6.47. The van der Waals surface area contributed by atoms with E-state index >= 15 is 0 Å². The van der Waals surface area contributed by atoms with Crippen LogP contribution in [0.15, 0.2) is 182 Å². The minimum atomic E-state index is 0.662. The van der Waals surface area contributed by atoms with Crippen molar-refractivity contribution in [1.82, 2.24) is 19.1 Å². The normalized spacial score (nSPS) is 12.0. The molecule has 55 heavy (non-hydrogen) atoms. The van der Waals surface area contributed by atoms with Crippen molar-refractivity contribution in [2.75, 3.05) is 0 Å². The molecule has 0 saturated heterocycles. The van der Waals surface area contributed by atoms with E-state index in [-0.39, 0.29) is 0 Å². The molecule has 12 rings (SSSR count). The molecule has 5 heteroatoms. The van der Waals surface area contributed by atoms with Gasteiger partial charge in [-0.3, -0.25) is 4.57 Å². The van der Waals surface area contributed by atoms with Gasteiger partial charge < -0.3 is 4.57 Å². The average molecular weight is 719 g/mol. The molecule has 0 spiro atoms. The molecule has 0 aliphatic heterocycles. The molecule has 0 aliphatic rings. The molecule has 8 aromatic carbocycles. The summed E-state index contributed by atoms with van der Waals surface area (Å²) in [6, 6.07) is 65.2. The lowest BCUT2D eigenvalue weighted by atomic mass is 10.00. The summed E-state index contributed by atoms with van der Waals surface area (Å²) in [6.07, 6.45) is 0. The second kappa shape index (κ2) is 11.7. The van der Waals surface area contributed by atoms with Crippen molar-refractivity contribution < 1.29 is 0 Å². The van der Waals surface area contributed by atoms with Crippen LogP contribution >= 0.6 is 11.3 Å². The molecular formula is C50H30N4S. The van der Waals surface area contributed by atoms with Gasteiger partial charge in [0.1, 0.15) is 0 Å². The molecule has 0 aliphatic carbocycles. The maximum Gasteiger partial charge on any atom is 0.235 e. The van der Waals surface area contributed by atoms with Crippen LogP contribution in [-0.4, -0.2) is 19.1 Å². The van der Waals surface area contributed by atoms with Crippen molar-refractivity contribution >= 4 is 86.0 Å². The third-order valence-corrected chi connectivity index (χ3v) is 12.3. The maximum atomic E-state index is 5.47. The second-order valence-electron chi connectivity index (χ2n) is 14.2. The van der Waals surface area contributed by atoms with Gasteiger partial charge in [0.2, 0.25) is 5.95 Å². The molecule has 0 saturated carbocycles. The molecule has 0 fully saturated rings. The molecular weight excluding hydrogens is 689 g/mol. The van der Waals surface area contributed by atoms with E-state index in [0.29, 0.717) is 5.95 Å². The van der Waals surface area contributed by atoms with Crippen LogP contribution in [0.2, 0.25) is 0 Å². The van der Waals surface area contributed by atoms with Gasteiger partial charge in [-0.1, -0.05) is 146 Å². The van der Waals surface area contributed by atoms with Gasteiger partial charge in [-0.05, 0) is 58.3 Å². The lowest BCUT2D eigenvalue weighted by Crippen LogP contribution is -2.03. The highest BCUT2D eigenvalue weighted by Gasteiger charge is 2.24. The molecule has 0 bridgehead atoms. The number of thiophene rings is 1. The number of nitrogens with zero attached hydrogens (tertiary/aromatic N) is 4. The van der Waals surface area contributed by atoms with E-state index in [0.717, 1.165) is 44.4 Å². The Morgan fingerprint density at radius 3 is 1.89 bits per heavy atom. The first-order chi connectivity index (χ1) is 27.3. The highest BCUT2D eigenvalue weighted by atomic mass is 32.1.